The summed E-state index contributed by atoms with van der Waals surface area (Å²) in [6.45, 7) is 5.45. The quantitative estimate of drug-likeness (QED) is 0.930. The summed E-state index contributed by atoms with van der Waals surface area (Å²) in [5.74, 6) is 0. The van der Waals surface area contributed by atoms with Crippen LogP contribution < -0.4 is 0 Å². The number of likely N-dealkylation sites (tertiary alicyclic amines) is 1. The standard InChI is InChI=1S/C12H17F3N2OS/c1-11(2,17-5-3-4-6-17)9(18)8-7-16-10(19-8)12(13,14)15/h7,9,18H,3-6H2,1-2H3. The number of rotatable bonds is 3. The molecule has 0 saturated carbocycles. The molecule has 0 spiro atoms. The van der Waals surface area contributed by atoms with Gasteiger partial charge in [0.15, 0.2) is 5.01 Å². The van der Waals surface area contributed by atoms with Crippen LogP contribution in [0.2, 0.25) is 0 Å². The molecule has 1 atom stereocenters. The highest BCUT2D eigenvalue weighted by Crippen LogP contribution is 2.39. The Kier molecular flexibility index (Phi) is 3.90. The van der Waals surface area contributed by atoms with Gasteiger partial charge >= 0.3 is 6.18 Å². The molecule has 0 amide bonds. The van der Waals surface area contributed by atoms with Gasteiger partial charge in [-0.1, -0.05) is 0 Å². The van der Waals surface area contributed by atoms with E-state index >= 15 is 0 Å². The van der Waals surface area contributed by atoms with E-state index in [4.69, 9.17) is 0 Å². The first-order chi connectivity index (χ1) is 8.73. The van der Waals surface area contributed by atoms with Crippen LogP contribution in [0, 0.1) is 0 Å². The normalized spacial score (nSPS) is 19.9. The van der Waals surface area contributed by atoms with Crippen LogP contribution in [0.25, 0.3) is 0 Å². The second-order valence-electron chi connectivity index (χ2n) is 5.32. The molecule has 0 aromatic carbocycles. The Morgan fingerprint density at radius 2 is 1.89 bits per heavy atom. The fourth-order valence-electron chi connectivity index (χ4n) is 2.36. The number of aliphatic hydroxyl groups excluding tert-OH is 1. The Balaban J connectivity index is 2.18. The van der Waals surface area contributed by atoms with E-state index in [1.54, 1.807) is 0 Å². The van der Waals surface area contributed by atoms with E-state index < -0.39 is 22.8 Å². The minimum Gasteiger partial charge on any atom is -0.386 e. The van der Waals surface area contributed by atoms with Gasteiger partial charge in [-0.25, -0.2) is 4.98 Å². The average molecular weight is 294 g/mol. The number of aliphatic hydroxyl groups is 1. The molecule has 2 rings (SSSR count). The second-order valence-corrected chi connectivity index (χ2v) is 6.38. The monoisotopic (exact) mass is 294 g/mol. The Hall–Kier alpha value is -0.660. The van der Waals surface area contributed by atoms with Gasteiger partial charge in [0.05, 0.1) is 4.88 Å². The molecule has 3 nitrogen and oxygen atoms in total. The predicted molar refractivity (Wildman–Crippen MR) is 67.0 cm³/mol. The van der Waals surface area contributed by atoms with Crippen LogP contribution in [-0.2, 0) is 6.18 Å². The van der Waals surface area contributed by atoms with Crippen LogP contribution in [0.3, 0.4) is 0 Å². The van der Waals surface area contributed by atoms with Gasteiger partial charge in [-0.05, 0) is 39.8 Å². The van der Waals surface area contributed by atoms with Crippen LogP contribution in [0.4, 0.5) is 13.2 Å². The molecule has 1 aliphatic rings. The Morgan fingerprint density at radius 3 is 2.37 bits per heavy atom. The Bertz CT molecular complexity index is 438. The first kappa shape index (κ1) is 14.7. The summed E-state index contributed by atoms with van der Waals surface area (Å²) in [6, 6.07) is 0. The third-order valence-corrected chi connectivity index (χ3v) is 4.72. The molecule has 19 heavy (non-hydrogen) atoms. The number of nitrogens with zero attached hydrogens (tertiary/aromatic N) is 2. The van der Waals surface area contributed by atoms with Crippen molar-refractivity contribution in [1.29, 1.82) is 0 Å². The SMILES string of the molecule is CC(C)(C(O)c1cnc(C(F)(F)F)s1)N1CCCC1. The maximum atomic E-state index is 12.5. The van der Waals surface area contributed by atoms with Crippen molar-refractivity contribution in [2.24, 2.45) is 0 Å². The van der Waals surface area contributed by atoms with Crippen LogP contribution in [0.1, 0.15) is 42.7 Å². The molecule has 7 heteroatoms. The maximum absolute atomic E-state index is 12.5. The molecule has 1 saturated heterocycles. The molecule has 1 aliphatic heterocycles. The fraction of sp³-hybridized carbons (Fsp3) is 0.750. The molecule has 1 N–H and O–H groups in total. The summed E-state index contributed by atoms with van der Waals surface area (Å²) in [6.07, 6.45) is -2.14. The highest BCUT2D eigenvalue weighted by atomic mass is 32.1. The third-order valence-electron chi connectivity index (χ3n) is 3.63. The van der Waals surface area contributed by atoms with Crippen molar-refractivity contribution in [2.45, 2.75) is 44.5 Å². The van der Waals surface area contributed by atoms with Gasteiger partial charge < -0.3 is 5.11 Å². The van der Waals surface area contributed by atoms with Gasteiger partial charge in [0, 0.05) is 11.7 Å². The number of thiazole rings is 1. The van der Waals surface area contributed by atoms with Gasteiger partial charge in [-0.2, -0.15) is 13.2 Å². The van der Waals surface area contributed by atoms with E-state index in [9.17, 15) is 18.3 Å². The second kappa shape index (κ2) is 5.03. The van der Waals surface area contributed by atoms with Crippen molar-refractivity contribution in [3.05, 3.63) is 16.1 Å². The van der Waals surface area contributed by atoms with Crippen molar-refractivity contribution in [3.63, 3.8) is 0 Å². The molecule has 2 heterocycles. The minimum absolute atomic E-state index is 0.268. The molecule has 0 aliphatic carbocycles. The lowest BCUT2D eigenvalue weighted by Gasteiger charge is -2.38. The molecule has 108 valence electrons. The lowest BCUT2D eigenvalue weighted by molar-refractivity contribution is -0.137. The van der Waals surface area contributed by atoms with Crippen molar-refractivity contribution in [1.82, 2.24) is 9.88 Å². The topological polar surface area (TPSA) is 36.4 Å². The number of halogens is 3. The van der Waals surface area contributed by atoms with Gasteiger partial charge in [0.25, 0.3) is 0 Å². The van der Waals surface area contributed by atoms with E-state index in [0.29, 0.717) is 11.3 Å². The third kappa shape index (κ3) is 2.93. The van der Waals surface area contributed by atoms with Crippen LogP contribution >= 0.6 is 11.3 Å². The molecular weight excluding hydrogens is 277 g/mol. The summed E-state index contributed by atoms with van der Waals surface area (Å²) in [7, 11) is 0. The van der Waals surface area contributed by atoms with Crippen molar-refractivity contribution >= 4 is 11.3 Å². The molecule has 1 unspecified atom stereocenters. The van der Waals surface area contributed by atoms with Crippen molar-refractivity contribution in [3.8, 4) is 0 Å². The zero-order chi connectivity index (χ0) is 14.3. The van der Waals surface area contributed by atoms with Gasteiger partial charge in [-0.3, -0.25) is 4.90 Å². The average Bonchev–Trinajstić information content (AvgIpc) is 2.98. The van der Waals surface area contributed by atoms with Crippen molar-refractivity contribution < 1.29 is 18.3 Å². The summed E-state index contributed by atoms with van der Waals surface area (Å²) in [5.41, 5.74) is -0.577. The first-order valence-corrected chi connectivity index (χ1v) is 7.00. The number of alkyl halides is 3. The Labute approximate surface area is 114 Å². The molecule has 1 aromatic rings. The van der Waals surface area contributed by atoms with Gasteiger partial charge in [-0.15, -0.1) is 11.3 Å². The largest absolute Gasteiger partial charge is 0.443 e. The summed E-state index contributed by atoms with van der Waals surface area (Å²) in [5, 5.41) is 9.45. The highest BCUT2D eigenvalue weighted by molar-refractivity contribution is 7.11. The fourth-order valence-corrected chi connectivity index (χ4v) is 3.31. The molecule has 0 bridgehead atoms. The lowest BCUT2D eigenvalue weighted by atomic mass is 9.94. The predicted octanol–water partition coefficient (Wildman–Crippen LogP) is 3.07. The number of aromatic nitrogens is 1. The van der Waals surface area contributed by atoms with Crippen LogP contribution in [-0.4, -0.2) is 33.6 Å². The summed E-state index contributed by atoms with van der Waals surface area (Å²) < 4.78 is 37.6. The van der Waals surface area contributed by atoms with E-state index in [1.165, 1.54) is 0 Å². The number of hydrogen-bond donors (Lipinski definition) is 1. The van der Waals surface area contributed by atoms with Gasteiger partial charge in [0.1, 0.15) is 6.10 Å². The zero-order valence-corrected chi connectivity index (χ0v) is 11.7. The van der Waals surface area contributed by atoms with E-state index in [2.05, 4.69) is 9.88 Å². The van der Waals surface area contributed by atoms with E-state index in [1.807, 2.05) is 13.8 Å². The molecule has 1 aromatic heterocycles. The smallest absolute Gasteiger partial charge is 0.386 e. The van der Waals surface area contributed by atoms with Crippen LogP contribution in [0.15, 0.2) is 6.20 Å². The van der Waals surface area contributed by atoms with E-state index in [0.717, 1.165) is 32.1 Å². The van der Waals surface area contributed by atoms with Gasteiger partial charge in [0.2, 0.25) is 0 Å². The Morgan fingerprint density at radius 1 is 1.32 bits per heavy atom. The van der Waals surface area contributed by atoms with Crippen LogP contribution in [0.5, 0.6) is 0 Å². The van der Waals surface area contributed by atoms with Crippen molar-refractivity contribution in [2.75, 3.05) is 13.1 Å². The first-order valence-electron chi connectivity index (χ1n) is 6.19. The lowest BCUT2D eigenvalue weighted by Crippen LogP contribution is -2.46. The molecule has 0 radical (unpaired) electrons. The molecular formula is C12H17F3N2OS. The summed E-state index contributed by atoms with van der Waals surface area (Å²) >= 11 is 0.521. The van der Waals surface area contributed by atoms with E-state index in [-0.39, 0.29) is 4.88 Å². The molecule has 1 fully saturated rings. The highest BCUT2D eigenvalue weighted by Gasteiger charge is 2.40. The summed E-state index contributed by atoms with van der Waals surface area (Å²) in [4.78, 5) is 5.75. The minimum atomic E-state index is -4.44. The maximum Gasteiger partial charge on any atom is 0.443 e. The number of hydrogen-bond acceptors (Lipinski definition) is 4. The zero-order valence-electron chi connectivity index (χ0n) is 10.9.